The van der Waals surface area contributed by atoms with Crippen molar-refractivity contribution in [2.45, 2.75) is 34.2 Å². The van der Waals surface area contributed by atoms with Crippen LogP contribution in [0.15, 0.2) is 48.8 Å². The molecule has 1 heterocycles. The van der Waals surface area contributed by atoms with E-state index >= 15 is 0 Å². The van der Waals surface area contributed by atoms with Crippen LogP contribution < -0.4 is 14.8 Å². The van der Waals surface area contributed by atoms with Crippen LogP contribution in [0.3, 0.4) is 0 Å². The van der Waals surface area contributed by atoms with E-state index in [9.17, 15) is 4.79 Å². The van der Waals surface area contributed by atoms with E-state index < -0.39 is 0 Å². The Morgan fingerprint density at radius 2 is 1.76 bits per heavy atom. The molecule has 0 aliphatic rings. The van der Waals surface area contributed by atoms with Crippen LogP contribution in [0.4, 0.5) is 5.69 Å². The number of anilines is 1. The number of aromatic nitrogens is 2. The predicted molar refractivity (Wildman–Crippen MR) is 114 cm³/mol. The molecule has 6 nitrogen and oxygen atoms in total. The highest BCUT2D eigenvalue weighted by molar-refractivity contribution is 6.04. The molecule has 152 valence electrons. The monoisotopic (exact) mass is 393 g/mol. The summed E-state index contributed by atoms with van der Waals surface area (Å²) in [7, 11) is 0. The fourth-order valence-electron chi connectivity index (χ4n) is 2.98. The molecule has 0 fully saturated rings. The normalized spacial score (nSPS) is 10.6. The Bertz CT molecular complexity index is 995. The maximum absolute atomic E-state index is 12.5. The molecule has 0 bridgehead atoms. The van der Waals surface area contributed by atoms with E-state index in [0.29, 0.717) is 31.0 Å². The van der Waals surface area contributed by atoms with Gasteiger partial charge in [-0.15, -0.1) is 0 Å². The maximum Gasteiger partial charge on any atom is 0.255 e. The van der Waals surface area contributed by atoms with Crippen LogP contribution in [0.1, 0.15) is 40.9 Å². The number of carbonyl (C=O) groups excluding carboxylic acids is 1. The van der Waals surface area contributed by atoms with Gasteiger partial charge < -0.3 is 14.8 Å². The Morgan fingerprint density at radius 1 is 1.00 bits per heavy atom. The minimum Gasteiger partial charge on any atom is -0.490 e. The van der Waals surface area contributed by atoms with E-state index in [1.807, 2.05) is 70.3 Å². The van der Waals surface area contributed by atoms with Gasteiger partial charge in [0.05, 0.1) is 31.6 Å². The van der Waals surface area contributed by atoms with E-state index in [1.165, 1.54) is 0 Å². The smallest absolute Gasteiger partial charge is 0.255 e. The molecule has 1 amide bonds. The van der Waals surface area contributed by atoms with Crippen molar-refractivity contribution in [1.82, 2.24) is 9.78 Å². The van der Waals surface area contributed by atoms with Crippen LogP contribution in [0.5, 0.6) is 11.5 Å². The second-order valence-corrected chi connectivity index (χ2v) is 6.83. The van der Waals surface area contributed by atoms with Gasteiger partial charge in [0.2, 0.25) is 0 Å². The molecule has 0 unspecified atom stereocenters. The van der Waals surface area contributed by atoms with Crippen molar-refractivity contribution in [2.24, 2.45) is 0 Å². The van der Waals surface area contributed by atoms with Crippen molar-refractivity contribution in [3.63, 3.8) is 0 Å². The lowest BCUT2D eigenvalue weighted by Crippen LogP contribution is -2.11. The van der Waals surface area contributed by atoms with Gasteiger partial charge in [-0.2, -0.15) is 5.10 Å². The average Bonchev–Trinajstić information content (AvgIpc) is 3.13. The second kappa shape index (κ2) is 9.28. The lowest BCUT2D eigenvalue weighted by Gasteiger charge is -2.12. The summed E-state index contributed by atoms with van der Waals surface area (Å²) in [4.78, 5) is 12.5. The molecule has 0 saturated carbocycles. The van der Waals surface area contributed by atoms with Crippen molar-refractivity contribution < 1.29 is 14.3 Å². The molecule has 0 atom stereocenters. The number of carbonyl (C=O) groups is 1. The summed E-state index contributed by atoms with van der Waals surface area (Å²) in [5, 5.41) is 7.26. The summed E-state index contributed by atoms with van der Waals surface area (Å²) in [6, 6.07) is 11.5. The molecule has 0 radical (unpaired) electrons. The van der Waals surface area contributed by atoms with Gasteiger partial charge in [-0.1, -0.05) is 12.1 Å². The number of rotatable bonds is 8. The van der Waals surface area contributed by atoms with Gasteiger partial charge in [-0.3, -0.25) is 9.48 Å². The van der Waals surface area contributed by atoms with E-state index in [2.05, 4.69) is 10.4 Å². The third kappa shape index (κ3) is 5.16. The fraction of sp³-hybridized carbons (Fsp3) is 0.304. The Kier molecular flexibility index (Phi) is 6.54. The largest absolute Gasteiger partial charge is 0.490 e. The lowest BCUT2D eigenvalue weighted by molar-refractivity contribution is 0.102. The molecule has 0 aliphatic heterocycles. The van der Waals surface area contributed by atoms with E-state index in [4.69, 9.17) is 9.47 Å². The first-order chi connectivity index (χ1) is 14.0. The number of hydrogen-bond donors (Lipinski definition) is 1. The van der Waals surface area contributed by atoms with Crippen LogP contribution in [0, 0.1) is 13.8 Å². The number of nitrogens with one attached hydrogen (secondary N) is 1. The van der Waals surface area contributed by atoms with Crippen LogP contribution in [-0.2, 0) is 6.54 Å². The van der Waals surface area contributed by atoms with Crippen molar-refractivity contribution in [1.29, 1.82) is 0 Å². The molecular formula is C23H27N3O3. The number of hydrogen-bond acceptors (Lipinski definition) is 4. The number of amides is 1. The third-order valence-electron chi connectivity index (χ3n) is 4.61. The van der Waals surface area contributed by atoms with Crippen LogP contribution in [0.25, 0.3) is 0 Å². The predicted octanol–water partition coefficient (Wildman–Crippen LogP) is 4.60. The first-order valence-electron chi connectivity index (χ1n) is 9.79. The molecule has 0 saturated heterocycles. The lowest BCUT2D eigenvalue weighted by atomic mass is 10.1. The molecule has 3 rings (SSSR count). The van der Waals surface area contributed by atoms with Crippen LogP contribution in [0.2, 0.25) is 0 Å². The topological polar surface area (TPSA) is 65.4 Å². The highest BCUT2D eigenvalue weighted by atomic mass is 16.5. The van der Waals surface area contributed by atoms with E-state index in [-0.39, 0.29) is 5.91 Å². The Hall–Kier alpha value is -3.28. The minimum atomic E-state index is -0.146. The molecule has 6 heteroatoms. The first kappa shape index (κ1) is 20.5. The van der Waals surface area contributed by atoms with Crippen LogP contribution in [-0.4, -0.2) is 28.9 Å². The zero-order valence-electron chi connectivity index (χ0n) is 17.4. The second-order valence-electron chi connectivity index (χ2n) is 6.83. The summed E-state index contributed by atoms with van der Waals surface area (Å²) in [6.07, 6.45) is 3.46. The average molecular weight is 393 g/mol. The summed E-state index contributed by atoms with van der Waals surface area (Å²) in [5.74, 6) is 1.31. The molecule has 3 aromatic rings. The fourth-order valence-corrected chi connectivity index (χ4v) is 2.98. The summed E-state index contributed by atoms with van der Waals surface area (Å²) in [6.45, 7) is 9.63. The zero-order chi connectivity index (χ0) is 20.8. The van der Waals surface area contributed by atoms with Gasteiger partial charge in [0.25, 0.3) is 5.91 Å². The number of aryl methyl sites for hydroxylation is 2. The van der Waals surface area contributed by atoms with Gasteiger partial charge in [0.15, 0.2) is 11.5 Å². The summed E-state index contributed by atoms with van der Waals surface area (Å²) in [5.41, 5.74) is 4.58. The van der Waals surface area contributed by atoms with Crippen molar-refractivity contribution in [2.75, 3.05) is 18.5 Å². The van der Waals surface area contributed by atoms with E-state index in [1.54, 1.807) is 10.9 Å². The van der Waals surface area contributed by atoms with Gasteiger partial charge in [-0.05, 0) is 68.7 Å². The standard InChI is InChI=1S/C23H27N3O3/c1-5-28-21-10-8-18(12-22(21)29-6-2)14-26-15-20(13-24-26)25-23(27)19-9-7-16(3)17(4)11-19/h7-13,15H,5-6,14H2,1-4H3,(H,25,27). The quantitative estimate of drug-likeness (QED) is 0.607. The molecule has 1 N–H and O–H groups in total. The number of nitrogens with zero attached hydrogens (tertiary/aromatic N) is 2. The highest BCUT2D eigenvalue weighted by Gasteiger charge is 2.10. The van der Waals surface area contributed by atoms with Gasteiger partial charge in [0, 0.05) is 11.8 Å². The van der Waals surface area contributed by atoms with E-state index in [0.717, 1.165) is 28.2 Å². The molecule has 0 spiro atoms. The minimum absolute atomic E-state index is 0.146. The molecular weight excluding hydrogens is 366 g/mol. The number of ether oxygens (including phenoxy) is 2. The SMILES string of the molecule is CCOc1ccc(Cn2cc(NC(=O)c3ccc(C)c(C)c3)cn2)cc1OCC. The van der Waals surface area contributed by atoms with Gasteiger partial charge in [0.1, 0.15) is 0 Å². The Balaban J connectivity index is 1.69. The molecule has 1 aromatic heterocycles. The van der Waals surface area contributed by atoms with Crippen LogP contribution >= 0.6 is 0 Å². The molecule has 0 aliphatic carbocycles. The van der Waals surface area contributed by atoms with Crippen molar-refractivity contribution in [3.05, 3.63) is 71.0 Å². The van der Waals surface area contributed by atoms with Crippen molar-refractivity contribution >= 4 is 11.6 Å². The Morgan fingerprint density at radius 3 is 2.48 bits per heavy atom. The first-order valence-corrected chi connectivity index (χ1v) is 9.79. The Labute approximate surface area is 171 Å². The molecule has 2 aromatic carbocycles. The number of benzene rings is 2. The van der Waals surface area contributed by atoms with Crippen molar-refractivity contribution in [3.8, 4) is 11.5 Å². The summed E-state index contributed by atoms with van der Waals surface area (Å²) < 4.78 is 13.1. The third-order valence-corrected chi connectivity index (χ3v) is 4.61. The maximum atomic E-state index is 12.5. The van der Waals surface area contributed by atoms with Gasteiger partial charge >= 0.3 is 0 Å². The van der Waals surface area contributed by atoms with Gasteiger partial charge in [-0.25, -0.2) is 0 Å². The highest BCUT2D eigenvalue weighted by Crippen LogP contribution is 2.29. The molecule has 29 heavy (non-hydrogen) atoms. The zero-order valence-corrected chi connectivity index (χ0v) is 17.4. The summed E-state index contributed by atoms with van der Waals surface area (Å²) >= 11 is 0.